The van der Waals surface area contributed by atoms with Gasteiger partial charge in [0.25, 0.3) is 0 Å². The zero-order valence-corrected chi connectivity index (χ0v) is 10.1. The van der Waals surface area contributed by atoms with Gasteiger partial charge in [0.15, 0.2) is 0 Å². The number of piperazine rings is 1. The van der Waals surface area contributed by atoms with Gasteiger partial charge in [0.05, 0.1) is 18.3 Å². The molecule has 7 heteroatoms. The largest absolute Gasteiger partial charge is 0.338 e. The summed E-state index contributed by atoms with van der Waals surface area (Å²) in [6, 6.07) is 3.56. The summed E-state index contributed by atoms with van der Waals surface area (Å²) in [6.45, 7) is 4.01. The molecule has 1 unspecified atom stereocenters. The molecule has 1 amide bonds. The topological polar surface area (TPSA) is 94.2 Å². The number of nitrogens with one attached hydrogen (secondary N) is 2. The number of hydrogen-bond donors (Lipinski definition) is 2. The second-order valence-corrected chi connectivity index (χ2v) is 4.20. The van der Waals surface area contributed by atoms with Gasteiger partial charge in [0.1, 0.15) is 6.04 Å². The number of anilines is 1. The van der Waals surface area contributed by atoms with Gasteiger partial charge in [-0.1, -0.05) is 5.16 Å². The summed E-state index contributed by atoms with van der Waals surface area (Å²) in [5, 5.41) is 18.4. The maximum Gasteiger partial charge on any atom is 0.240 e. The van der Waals surface area contributed by atoms with E-state index >= 15 is 0 Å². The Kier molecular flexibility index (Phi) is 3.92. The smallest absolute Gasteiger partial charge is 0.240 e. The summed E-state index contributed by atoms with van der Waals surface area (Å²) in [5.41, 5.74) is 0.711. The molecule has 1 saturated heterocycles. The van der Waals surface area contributed by atoms with Crippen molar-refractivity contribution >= 4 is 11.8 Å². The van der Waals surface area contributed by atoms with Crippen LogP contribution >= 0.6 is 0 Å². The lowest BCUT2D eigenvalue weighted by molar-refractivity contribution is -0.117. The molecule has 1 aliphatic heterocycles. The Labute approximate surface area is 105 Å². The number of hydrogen-bond acceptors (Lipinski definition) is 6. The summed E-state index contributed by atoms with van der Waals surface area (Å²) < 4.78 is 4.90. The maximum atomic E-state index is 11.8. The van der Waals surface area contributed by atoms with Crippen LogP contribution in [0.15, 0.2) is 10.6 Å². The van der Waals surface area contributed by atoms with Crippen LogP contribution in [0, 0.1) is 18.3 Å². The zero-order chi connectivity index (χ0) is 13.0. The number of aromatic nitrogens is 1. The van der Waals surface area contributed by atoms with Gasteiger partial charge in [0, 0.05) is 25.7 Å². The highest BCUT2D eigenvalue weighted by Gasteiger charge is 2.23. The van der Waals surface area contributed by atoms with Crippen molar-refractivity contribution in [3.8, 4) is 6.07 Å². The number of nitrogens with zero attached hydrogens (tertiary/aromatic N) is 3. The van der Waals surface area contributed by atoms with Crippen LogP contribution in [0.1, 0.15) is 5.69 Å². The fourth-order valence-electron chi connectivity index (χ4n) is 1.85. The van der Waals surface area contributed by atoms with E-state index in [1.54, 1.807) is 13.0 Å². The van der Waals surface area contributed by atoms with E-state index < -0.39 is 0 Å². The monoisotopic (exact) mass is 249 g/mol. The summed E-state index contributed by atoms with van der Waals surface area (Å²) >= 11 is 0. The van der Waals surface area contributed by atoms with Crippen LogP contribution in [-0.4, -0.2) is 48.2 Å². The zero-order valence-electron chi connectivity index (χ0n) is 10.1. The van der Waals surface area contributed by atoms with Gasteiger partial charge in [-0.2, -0.15) is 5.26 Å². The van der Waals surface area contributed by atoms with Crippen LogP contribution in [-0.2, 0) is 4.79 Å². The summed E-state index contributed by atoms with van der Waals surface area (Å²) in [5.74, 6) is 0.134. The molecule has 7 nitrogen and oxygen atoms in total. The third-order valence-electron chi connectivity index (χ3n) is 2.74. The van der Waals surface area contributed by atoms with Crippen molar-refractivity contribution in [1.29, 1.82) is 5.26 Å². The second-order valence-electron chi connectivity index (χ2n) is 4.20. The van der Waals surface area contributed by atoms with Crippen LogP contribution < -0.4 is 10.6 Å². The lowest BCUT2D eigenvalue weighted by Gasteiger charge is -2.30. The number of carbonyl (C=O) groups excluding carboxylic acids is 1. The third kappa shape index (κ3) is 3.06. The fourth-order valence-corrected chi connectivity index (χ4v) is 1.85. The number of aryl methyl sites for hydroxylation is 1. The predicted octanol–water partition coefficient (Wildman–Crippen LogP) is -0.281. The standard InChI is InChI=1S/C11H15N5O2/c1-8-4-11(18-15-8)14-10(17)7-16-3-2-13-6-9(16)5-12/h4,9,13H,2-3,6-7H2,1H3,(H,14,17). The van der Waals surface area contributed by atoms with E-state index in [0.29, 0.717) is 24.7 Å². The van der Waals surface area contributed by atoms with Gasteiger partial charge in [-0.3, -0.25) is 15.0 Å². The van der Waals surface area contributed by atoms with E-state index in [2.05, 4.69) is 21.9 Å². The third-order valence-corrected chi connectivity index (χ3v) is 2.74. The number of amides is 1. The van der Waals surface area contributed by atoms with Crippen LogP contribution in [0.25, 0.3) is 0 Å². The van der Waals surface area contributed by atoms with E-state index in [4.69, 9.17) is 9.78 Å². The minimum atomic E-state index is -0.263. The van der Waals surface area contributed by atoms with Crippen LogP contribution in [0.5, 0.6) is 0 Å². The highest BCUT2D eigenvalue weighted by Crippen LogP contribution is 2.09. The molecule has 18 heavy (non-hydrogen) atoms. The molecule has 2 heterocycles. The molecule has 1 atom stereocenters. The molecule has 2 rings (SSSR count). The summed E-state index contributed by atoms with van der Waals surface area (Å²) in [7, 11) is 0. The molecule has 1 aliphatic rings. The molecule has 0 bridgehead atoms. The van der Waals surface area contributed by atoms with Gasteiger partial charge < -0.3 is 9.84 Å². The van der Waals surface area contributed by atoms with Gasteiger partial charge >= 0.3 is 0 Å². The Morgan fingerprint density at radius 3 is 3.33 bits per heavy atom. The summed E-state index contributed by atoms with van der Waals surface area (Å²) in [4.78, 5) is 13.6. The van der Waals surface area contributed by atoms with E-state index in [0.717, 1.165) is 6.54 Å². The quantitative estimate of drug-likeness (QED) is 0.765. The predicted molar refractivity (Wildman–Crippen MR) is 63.7 cm³/mol. The average Bonchev–Trinajstić information content (AvgIpc) is 2.75. The van der Waals surface area contributed by atoms with Crippen LogP contribution in [0.2, 0.25) is 0 Å². The highest BCUT2D eigenvalue weighted by molar-refractivity contribution is 5.91. The fraction of sp³-hybridized carbons (Fsp3) is 0.545. The Hall–Kier alpha value is -1.91. The lowest BCUT2D eigenvalue weighted by Crippen LogP contribution is -2.52. The van der Waals surface area contributed by atoms with Crippen LogP contribution in [0.3, 0.4) is 0 Å². The molecule has 0 saturated carbocycles. The lowest BCUT2D eigenvalue weighted by atomic mass is 10.2. The molecule has 0 aromatic carbocycles. The van der Waals surface area contributed by atoms with Crippen molar-refractivity contribution in [2.75, 3.05) is 31.5 Å². The van der Waals surface area contributed by atoms with Gasteiger partial charge in [-0.25, -0.2) is 0 Å². The average molecular weight is 249 g/mol. The SMILES string of the molecule is Cc1cc(NC(=O)CN2CCNCC2C#N)on1. The molecule has 96 valence electrons. The number of rotatable bonds is 3. The Morgan fingerprint density at radius 1 is 1.83 bits per heavy atom. The Balaban J connectivity index is 1.88. The van der Waals surface area contributed by atoms with Crippen molar-refractivity contribution < 1.29 is 9.32 Å². The number of carbonyl (C=O) groups is 1. The Bertz CT molecular complexity index is 464. The second kappa shape index (κ2) is 5.62. The molecule has 1 fully saturated rings. The first-order valence-corrected chi connectivity index (χ1v) is 5.76. The first kappa shape index (κ1) is 12.5. The molecular weight excluding hydrogens is 234 g/mol. The highest BCUT2D eigenvalue weighted by atomic mass is 16.5. The normalized spacial score (nSPS) is 20.3. The van der Waals surface area contributed by atoms with Crippen molar-refractivity contribution in [3.63, 3.8) is 0 Å². The van der Waals surface area contributed by atoms with Gasteiger partial charge in [-0.15, -0.1) is 0 Å². The van der Waals surface area contributed by atoms with E-state index in [9.17, 15) is 4.79 Å². The van der Waals surface area contributed by atoms with E-state index in [1.165, 1.54) is 0 Å². The minimum Gasteiger partial charge on any atom is -0.338 e. The van der Waals surface area contributed by atoms with E-state index in [1.807, 2.05) is 4.90 Å². The van der Waals surface area contributed by atoms with Gasteiger partial charge in [-0.05, 0) is 6.92 Å². The Morgan fingerprint density at radius 2 is 2.67 bits per heavy atom. The maximum absolute atomic E-state index is 11.8. The molecule has 0 aliphatic carbocycles. The van der Waals surface area contributed by atoms with Gasteiger partial charge in [0.2, 0.25) is 11.8 Å². The molecule has 0 radical (unpaired) electrons. The van der Waals surface area contributed by atoms with Crippen LogP contribution in [0.4, 0.5) is 5.88 Å². The van der Waals surface area contributed by atoms with E-state index in [-0.39, 0.29) is 18.5 Å². The molecule has 1 aromatic heterocycles. The molecule has 1 aromatic rings. The minimum absolute atomic E-state index is 0.180. The van der Waals surface area contributed by atoms with Crippen molar-refractivity contribution in [2.24, 2.45) is 0 Å². The van der Waals surface area contributed by atoms with Crippen molar-refractivity contribution in [3.05, 3.63) is 11.8 Å². The molecule has 0 spiro atoms. The van der Waals surface area contributed by atoms with Crippen molar-refractivity contribution in [2.45, 2.75) is 13.0 Å². The number of nitriles is 1. The summed E-state index contributed by atoms with van der Waals surface area (Å²) in [6.07, 6.45) is 0. The molecule has 2 N–H and O–H groups in total. The first-order valence-electron chi connectivity index (χ1n) is 5.76. The first-order chi connectivity index (χ1) is 8.69. The molecular formula is C11H15N5O2. The van der Waals surface area contributed by atoms with Crippen molar-refractivity contribution in [1.82, 2.24) is 15.4 Å².